The summed E-state index contributed by atoms with van der Waals surface area (Å²) in [6, 6.07) is 8.70. The van der Waals surface area contributed by atoms with Crippen molar-refractivity contribution in [3.63, 3.8) is 0 Å². The number of nitrogens with one attached hydrogen (secondary N) is 1. The van der Waals surface area contributed by atoms with Crippen LogP contribution in [-0.2, 0) is 10.8 Å². The van der Waals surface area contributed by atoms with Crippen molar-refractivity contribution < 1.29 is 4.21 Å². The van der Waals surface area contributed by atoms with Crippen LogP contribution >= 0.6 is 0 Å². The Morgan fingerprint density at radius 2 is 2.14 bits per heavy atom. The number of hydrogen-bond acceptors (Lipinski definition) is 2. The van der Waals surface area contributed by atoms with E-state index in [1.54, 1.807) is 0 Å². The van der Waals surface area contributed by atoms with Gasteiger partial charge < -0.3 is 5.32 Å². The molecule has 0 aliphatic carbocycles. The van der Waals surface area contributed by atoms with E-state index in [0.717, 1.165) is 10.6 Å². The van der Waals surface area contributed by atoms with E-state index >= 15 is 0 Å². The van der Waals surface area contributed by atoms with Gasteiger partial charge in [-0.2, -0.15) is 0 Å². The molecule has 0 aromatic heterocycles. The fraction of sp³-hybridized carbons (Fsp3) is 0.455. The van der Waals surface area contributed by atoms with Gasteiger partial charge in [0, 0.05) is 22.7 Å². The third kappa shape index (κ3) is 1.74. The highest BCUT2D eigenvalue weighted by Gasteiger charge is 2.27. The third-order valence-corrected chi connectivity index (χ3v) is 3.89. The molecule has 2 atom stereocenters. The van der Waals surface area contributed by atoms with Crippen molar-refractivity contribution in [2.45, 2.75) is 30.8 Å². The molecular weight excluding hydrogens is 194 g/mol. The molecule has 2 rings (SSSR count). The van der Waals surface area contributed by atoms with Crippen LogP contribution in [0.25, 0.3) is 0 Å². The topological polar surface area (TPSA) is 29.1 Å². The Morgan fingerprint density at radius 1 is 1.43 bits per heavy atom. The lowest BCUT2D eigenvalue weighted by molar-refractivity contribution is 0.511. The van der Waals surface area contributed by atoms with Gasteiger partial charge in [0.05, 0.1) is 10.8 Å². The molecule has 1 heterocycles. The van der Waals surface area contributed by atoms with Crippen LogP contribution in [0, 0.1) is 0 Å². The second-order valence-corrected chi connectivity index (χ2v) is 5.39. The van der Waals surface area contributed by atoms with Crippen LogP contribution in [-0.4, -0.2) is 16.0 Å². The van der Waals surface area contributed by atoms with Gasteiger partial charge in [0.1, 0.15) is 0 Å². The van der Waals surface area contributed by atoms with E-state index < -0.39 is 10.8 Å². The second kappa shape index (κ2) is 3.83. The summed E-state index contributed by atoms with van der Waals surface area (Å²) < 4.78 is 11.7. The Kier molecular flexibility index (Phi) is 2.70. The van der Waals surface area contributed by atoms with Crippen molar-refractivity contribution in [1.82, 2.24) is 5.32 Å². The maximum Gasteiger partial charge on any atom is 0.0552 e. The molecule has 0 fully saturated rings. The van der Waals surface area contributed by atoms with Gasteiger partial charge in [-0.15, -0.1) is 0 Å². The maximum absolute atomic E-state index is 11.7. The highest BCUT2D eigenvalue weighted by Crippen LogP contribution is 2.30. The van der Waals surface area contributed by atoms with E-state index in [2.05, 4.69) is 25.2 Å². The van der Waals surface area contributed by atoms with E-state index in [1.807, 2.05) is 18.2 Å². The van der Waals surface area contributed by atoms with Crippen molar-refractivity contribution >= 4 is 10.8 Å². The largest absolute Gasteiger partial charge is 0.307 e. The molecule has 1 N–H and O–H groups in total. The van der Waals surface area contributed by atoms with Gasteiger partial charge in [-0.3, -0.25) is 4.21 Å². The van der Waals surface area contributed by atoms with Crippen molar-refractivity contribution in [1.29, 1.82) is 0 Å². The minimum atomic E-state index is -0.807. The standard InChI is InChI=1S/C11H15NOS/c1-8(2)12-10-7-14(13)11-6-4-3-5-9(10)11/h3-6,8,10,12H,7H2,1-2H3. The van der Waals surface area contributed by atoms with Crippen LogP contribution < -0.4 is 5.32 Å². The molecule has 76 valence electrons. The van der Waals surface area contributed by atoms with Gasteiger partial charge in [-0.1, -0.05) is 32.0 Å². The SMILES string of the molecule is CC(C)NC1CS(=O)c2ccccc21. The van der Waals surface area contributed by atoms with Crippen LogP contribution in [0.3, 0.4) is 0 Å². The quantitative estimate of drug-likeness (QED) is 0.805. The highest BCUT2D eigenvalue weighted by molar-refractivity contribution is 7.85. The predicted octanol–water partition coefficient (Wildman–Crippen LogP) is 1.85. The first kappa shape index (κ1) is 9.87. The summed E-state index contributed by atoms with van der Waals surface area (Å²) in [5.74, 6) is 0.720. The van der Waals surface area contributed by atoms with E-state index in [-0.39, 0.29) is 6.04 Å². The summed E-state index contributed by atoms with van der Waals surface area (Å²) in [6.45, 7) is 4.23. The predicted molar refractivity (Wildman–Crippen MR) is 58.7 cm³/mol. The van der Waals surface area contributed by atoms with Gasteiger partial charge >= 0.3 is 0 Å². The fourth-order valence-corrected chi connectivity index (χ4v) is 3.31. The fourth-order valence-electron chi connectivity index (χ4n) is 1.85. The van der Waals surface area contributed by atoms with Crippen molar-refractivity contribution in [3.05, 3.63) is 29.8 Å². The molecule has 14 heavy (non-hydrogen) atoms. The Hall–Kier alpha value is -0.670. The third-order valence-electron chi connectivity index (χ3n) is 2.39. The van der Waals surface area contributed by atoms with Crippen LogP contribution in [0.15, 0.2) is 29.2 Å². The summed E-state index contributed by atoms with van der Waals surface area (Å²) >= 11 is 0. The van der Waals surface area contributed by atoms with Gasteiger partial charge in [0.2, 0.25) is 0 Å². The smallest absolute Gasteiger partial charge is 0.0552 e. The highest BCUT2D eigenvalue weighted by atomic mass is 32.2. The average molecular weight is 209 g/mol. The summed E-state index contributed by atoms with van der Waals surface area (Å²) in [5, 5.41) is 3.44. The lowest BCUT2D eigenvalue weighted by Crippen LogP contribution is -2.28. The molecule has 2 nitrogen and oxygen atoms in total. The summed E-state index contributed by atoms with van der Waals surface area (Å²) in [7, 11) is -0.807. The molecule has 0 radical (unpaired) electrons. The van der Waals surface area contributed by atoms with Gasteiger partial charge in [-0.25, -0.2) is 0 Å². The van der Waals surface area contributed by atoms with E-state index in [1.165, 1.54) is 5.56 Å². The molecule has 0 spiro atoms. The Labute approximate surface area is 87.2 Å². The first-order valence-corrected chi connectivity index (χ1v) is 6.23. The molecule has 1 aromatic rings. The number of fused-ring (bicyclic) bond motifs is 1. The Bertz CT molecular complexity index is 362. The zero-order valence-electron chi connectivity index (χ0n) is 8.49. The van der Waals surface area contributed by atoms with Gasteiger partial charge in [0.25, 0.3) is 0 Å². The Morgan fingerprint density at radius 3 is 2.86 bits per heavy atom. The molecule has 1 aliphatic rings. The first-order valence-electron chi connectivity index (χ1n) is 4.92. The molecule has 0 bridgehead atoms. The number of benzene rings is 1. The van der Waals surface area contributed by atoms with Gasteiger partial charge in [0.15, 0.2) is 0 Å². The lowest BCUT2D eigenvalue weighted by Gasteiger charge is -2.15. The number of hydrogen-bond donors (Lipinski definition) is 1. The van der Waals surface area contributed by atoms with Crippen LogP contribution in [0.1, 0.15) is 25.5 Å². The van der Waals surface area contributed by atoms with E-state index in [4.69, 9.17) is 0 Å². The summed E-state index contributed by atoms with van der Waals surface area (Å²) in [5.41, 5.74) is 1.21. The summed E-state index contributed by atoms with van der Waals surface area (Å²) in [4.78, 5) is 1.01. The molecule has 0 amide bonds. The second-order valence-electron chi connectivity index (χ2n) is 3.92. The zero-order valence-corrected chi connectivity index (χ0v) is 9.30. The van der Waals surface area contributed by atoms with Crippen LogP contribution in [0.2, 0.25) is 0 Å². The first-order chi connectivity index (χ1) is 6.68. The number of rotatable bonds is 2. The monoisotopic (exact) mass is 209 g/mol. The van der Waals surface area contributed by atoms with E-state index in [0.29, 0.717) is 6.04 Å². The Balaban J connectivity index is 2.30. The minimum absolute atomic E-state index is 0.270. The van der Waals surface area contributed by atoms with Crippen LogP contribution in [0.5, 0.6) is 0 Å². The molecule has 2 unspecified atom stereocenters. The van der Waals surface area contributed by atoms with Crippen molar-refractivity contribution in [2.24, 2.45) is 0 Å². The lowest BCUT2D eigenvalue weighted by atomic mass is 10.1. The average Bonchev–Trinajstić information content (AvgIpc) is 2.44. The molecule has 1 aromatic carbocycles. The molecule has 1 aliphatic heterocycles. The molecule has 0 saturated carbocycles. The molecule has 0 saturated heterocycles. The van der Waals surface area contributed by atoms with Crippen molar-refractivity contribution in [2.75, 3.05) is 5.75 Å². The summed E-state index contributed by atoms with van der Waals surface area (Å²) in [6.07, 6.45) is 0. The minimum Gasteiger partial charge on any atom is -0.307 e. The van der Waals surface area contributed by atoms with Crippen LogP contribution in [0.4, 0.5) is 0 Å². The van der Waals surface area contributed by atoms with Crippen molar-refractivity contribution in [3.8, 4) is 0 Å². The molecule has 3 heteroatoms. The van der Waals surface area contributed by atoms with Gasteiger partial charge in [-0.05, 0) is 11.6 Å². The zero-order chi connectivity index (χ0) is 10.1. The molecular formula is C11H15NOS. The van der Waals surface area contributed by atoms with E-state index in [9.17, 15) is 4.21 Å². The maximum atomic E-state index is 11.7. The normalized spacial score (nSPS) is 25.4.